The third-order valence-corrected chi connectivity index (χ3v) is 4.97. The molecule has 2 N–H and O–H groups in total. The second-order valence-electron chi connectivity index (χ2n) is 8.49. The van der Waals surface area contributed by atoms with Crippen LogP contribution in [0, 0.1) is 0 Å². The fourth-order valence-corrected chi connectivity index (χ4v) is 3.05. The lowest BCUT2D eigenvalue weighted by molar-refractivity contribution is -0.208. The van der Waals surface area contributed by atoms with E-state index in [1.54, 1.807) is 27.9 Å². The summed E-state index contributed by atoms with van der Waals surface area (Å²) in [6.07, 6.45) is 4.79. The number of esters is 1. The number of hydrogen-bond acceptors (Lipinski definition) is 7. The van der Waals surface area contributed by atoms with Crippen LogP contribution in [-0.2, 0) is 25.6 Å². The lowest BCUT2D eigenvalue weighted by Crippen LogP contribution is -2.41. The maximum Gasteiger partial charge on any atom is 0.337 e. The molecule has 31 heavy (non-hydrogen) atoms. The van der Waals surface area contributed by atoms with Crippen molar-refractivity contribution in [2.24, 2.45) is 0 Å². The highest BCUT2D eigenvalue weighted by Crippen LogP contribution is 2.28. The molecule has 1 aliphatic rings. The Labute approximate surface area is 184 Å². The molecule has 1 aromatic rings. The fraction of sp³-hybridized carbons (Fsp3) is 0.542. The molecule has 0 spiro atoms. The molecule has 0 fully saturated rings. The number of aliphatic hydroxyl groups is 2. The standard InChI is InChI=1S/C24H34O7/c1-17(29-16-18-9-11-19(28-5)12-10-18)8-6-7-13-24(4,27)21(25)14-20-15-22(26)31-23(2,3)30-20/h6-7,9-12,15,17,21,25,27H,8,13-14,16H2,1-5H3/b7-6+. The van der Waals surface area contributed by atoms with E-state index < -0.39 is 23.5 Å². The lowest BCUT2D eigenvalue weighted by atomic mass is 9.91. The molecule has 1 aromatic carbocycles. The maximum absolute atomic E-state index is 11.6. The summed E-state index contributed by atoms with van der Waals surface area (Å²) in [6, 6.07) is 7.72. The van der Waals surface area contributed by atoms with Gasteiger partial charge in [0.15, 0.2) is 0 Å². The zero-order chi connectivity index (χ0) is 23.1. The molecule has 7 heteroatoms. The molecule has 0 amide bonds. The Bertz CT molecular complexity index is 778. The summed E-state index contributed by atoms with van der Waals surface area (Å²) in [4.78, 5) is 11.6. The van der Waals surface area contributed by atoms with Gasteiger partial charge in [-0.25, -0.2) is 4.79 Å². The highest BCUT2D eigenvalue weighted by atomic mass is 16.7. The first-order valence-electron chi connectivity index (χ1n) is 10.4. The molecule has 0 radical (unpaired) electrons. The van der Waals surface area contributed by atoms with Gasteiger partial charge in [0, 0.05) is 20.3 Å². The minimum absolute atomic E-state index is 0.00209. The summed E-state index contributed by atoms with van der Waals surface area (Å²) in [7, 11) is 1.63. The molecule has 0 bridgehead atoms. The predicted octanol–water partition coefficient (Wildman–Crippen LogP) is 3.63. The van der Waals surface area contributed by atoms with E-state index in [0.717, 1.165) is 11.3 Å². The Morgan fingerprint density at radius 3 is 2.48 bits per heavy atom. The average molecular weight is 435 g/mol. The first-order valence-corrected chi connectivity index (χ1v) is 10.4. The van der Waals surface area contributed by atoms with Crippen LogP contribution >= 0.6 is 0 Å². The Morgan fingerprint density at radius 1 is 1.19 bits per heavy atom. The molecular weight excluding hydrogens is 400 g/mol. The van der Waals surface area contributed by atoms with Crippen molar-refractivity contribution in [3.05, 3.63) is 53.8 Å². The van der Waals surface area contributed by atoms with Crippen LogP contribution in [0.25, 0.3) is 0 Å². The molecule has 3 atom stereocenters. The Hall–Kier alpha value is -2.35. The number of benzene rings is 1. The number of hydrogen-bond donors (Lipinski definition) is 2. The van der Waals surface area contributed by atoms with Crippen molar-refractivity contribution in [3.8, 4) is 5.75 Å². The molecule has 0 aliphatic carbocycles. The zero-order valence-corrected chi connectivity index (χ0v) is 19.0. The number of methoxy groups -OCH3 is 1. The average Bonchev–Trinajstić information content (AvgIpc) is 2.68. The number of cyclic esters (lactones) is 1. The topological polar surface area (TPSA) is 94.5 Å². The van der Waals surface area contributed by atoms with Crippen LogP contribution in [-0.4, -0.2) is 46.9 Å². The molecule has 0 aromatic heterocycles. The fourth-order valence-electron chi connectivity index (χ4n) is 3.05. The molecule has 0 saturated heterocycles. The summed E-state index contributed by atoms with van der Waals surface area (Å²) in [5.74, 6) is -0.515. The van der Waals surface area contributed by atoms with E-state index in [0.29, 0.717) is 18.8 Å². The Balaban J connectivity index is 1.76. The van der Waals surface area contributed by atoms with Gasteiger partial charge in [-0.3, -0.25) is 0 Å². The van der Waals surface area contributed by atoms with Crippen molar-refractivity contribution in [2.75, 3.05) is 7.11 Å². The van der Waals surface area contributed by atoms with Crippen molar-refractivity contribution in [2.45, 2.75) is 77.2 Å². The van der Waals surface area contributed by atoms with Gasteiger partial charge in [-0.2, -0.15) is 0 Å². The van der Waals surface area contributed by atoms with Crippen LogP contribution < -0.4 is 4.74 Å². The summed E-state index contributed by atoms with van der Waals surface area (Å²) in [5.41, 5.74) is -0.312. The van der Waals surface area contributed by atoms with Gasteiger partial charge in [-0.05, 0) is 44.4 Å². The van der Waals surface area contributed by atoms with Crippen LogP contribution in [0.2, 0.25) is 0 Å². The van der Waals surface area contributed by atoms with Gasteiger partial charge >= 0.3 is 5.97 Å². The molecule has 1 heterocycles. The number of carbonyl (C=O) groups is 1. The van der Waals surface area contributed by atoms with Gasteiger partial charge in [0.25, 0.3) is 0 Å². The molecule has 2 rings (SSSR count). The second kappa shape index (κ2) is 10.8. The van der Waals surface area contributed by atoms with Gasteiger partial charge < -0.3 is 29.2 Å². The molecule has 0 saturated carbocycles. The number of aliphatic hydroxyl groups excluding tert-OH is 1. The minimum Gasteiger partial charge on any atom is -0.497 e. The first-order chi connectivity index (χ1) is 14.5. The summed E-state index contributed by atoms with van der Waals surface area (Å²) >= 11 is 0. The van der Waals surface area contributed by atoms with Crippen molar-refractivity contribution >= 4 is 5.97 Å². The summed E-state index contributed by atoms with van der Waals surface area (Å²) < 4.78 is 21.6. The SMILES string of the molecule is COc1ccc(COC(C)C/C=C/CC(C)(O)C(O)CC2=CC(=O)OC(C)(C)O2)cc1. The van der Waals surface area contributed by atoms with Crippen molar-refractivity contribution in [3.63, 3.8) is 0 Å². The summed E-state index contributed by atoms with van der Waals surface area (Å²) in [5, 5.41) is 21.1. The van der Waals surface area contributed by atoms with Crippen LogP contribution in [0.1, 0.15) is 52.5 Å². The zero-order valence-electron chi connectivity index (χ0n) is 19.0. The van der Waals surface area contributed by atoms with Crippen molar-refractivity contribution in [1.82, 2.24) is 0 Å². The van der Waals surface area contributed by atoms with Crippen molar-refractivity contribution in [1.29, 1.82) is 0 Å². The number of carbonyl (C=O) groups excluding carboxylic acids is 1. The van der Waals surface area contributed by atoms with E-state index in [9.17, 15) is 15.0 Å². The predicted molar refractivity (Wildman–Crippen MR) is 116 cm³/mol. The van der Waals surface area contributed by atoms with Crippen LogP contribution in [0.4, 0.5) is 0 Å². The van der Waals surface area contributed by atoms with Gasteiger partial charge in [0.2, 0.25) is 5.79 Å². The first kappa shape index (κ1) is 24.9. The smallest absolute Gasteiger partial charge is 0.337 e. The normalized spacial score (nSPS) is 19.7. The van der Waals surface area contributed by atoms with Gasteiger partial charge in [-0.15, -0.1) is 0 Å². The largest absolute Gasteiger partial charge is 0.497 e. The third kappa shape index (κ3) is 8.36. The second-order valence-corrected chi connectivity index (χ2v) is 8.49. The molecule has 172 valence electrons. The quantitative estimate of drug-likeness (QED) is 0.406. The highest BCUT2D eigenvalue weighted by molar-refractivity contribution is 5.83. The molecule has 1 aliphatic heterocycles. The van der Waals surface area contributed by atoms with E-state index in [4.69, 9.17) is 18.9 Å². The Kier molecular flexibility index (Phi) is 8.68. The van der Waals surface area contributed by atoms with E-state index in [2.05, 4.69) is 0 Å². The summed E-state index contributed by atoms with van der Waals surface area (Å²) in [6.45, 7) is 7.27. The number of ether oxygens (including phenoxy) is 4. The van der Waals surface area contributed by atoms with Crippen LogP contribution in [0.15, 0.2) is 48.3 Å². The number of rotatable bonds is 11. The van der Waals surface area contributed by atoms with E-state index in [1.165, 1.54) is 6.08 Å². The van der Waals surface area contributed by atoms with Crippen LogP contribution in [0.5, 0.6) is 5.75 Å². The van der Waals surface area contributed by atoms with E-state index in [-0.39, 0.29) is 18.9 Å². The van der Waals surface area contributed by atoms with Gasteiger partial charge in [0.1, 0.15) is 11.5 Å². The molecular formula is C24H34O7. The van der Waals surface area contributed by atoms with Gasteiger partial charge in [-0.1, -0.05) is 24.3 Å². The van der Waals surface area contributed by atoms with E-state index in [1.807, 2.05) is 43.3 Å². The molecule has 3 unspecified atom stereocenters. The van der Waals surface area contributed by atoms with Crippen molar-refractivity contribution < 1.29 is 34.0 Å². The highest BCUT2D eigenvalue weighted by Gasteiger charge is 2.35. The Morgan fingerprint density at radius 2 is 1.87 bits per heavy atom. The third-order valence-electron chi connectivity index (χ3n) is 4.97. The lowest BCUT2D eigenvalue weighted by Gasteiger charge is -2.34. The molecule has 7 nitrogen and oxygen atoms in total. The monoisotopic (exact) mass is 434 g/mol. The minimum atomic E-state index is -1.38. The van der Waals surface area contributed by atoms with Gasteiger partial charge in [0.05, 0.1) is 37.6 Å². The van der Waals surface area contributed by atoms with E-state index >= 15 is 0 Å². The maximum atomic E-state index is 11.6. The van der Waals surface area contributed by atoms with Crippen LogP contribution in [0.3, 0.4) is 0 Å².